The summed E-state index contributed by atoms with van der Waals surface area (Å²) in [4.78, 5) is 13.9. The number of hydrogen-bond donors (Lipinski definition) is 2. The highest BCUT2D eigenvalue weighted by Crippen LogP contribution is 2.41. The molecule has 0 saturated carbocycles. The lowest BCUT2D eigenvalue weighted by Gasteiger charge is -2.23. The number of rotatable bonds is 5. The Morgan fingerprint density at radius 3 is 3.07 bits per heavy atom. The van der Waals surface area contributed by atoms with E-state index in [0.717, 1.165) is 41.2 Å². The summed E-state index contributed by atoms with van der Waals surface area (Å²) in [6.45, 7) is 4.30. The summed E-state index contributed by atoms with van der Waals surface area (Å²) in [5.41, 5.74) is 5.03. The molecule has 0 amide bonds. The maximum atomic E-state index is 9.28. The molecule has 7 heteroatoms. The van der Waals surface area contributed by atoms with Crippen LogP contribution in [0.15, 0.2) is 42.0 Å². The van der Waals surface area contributed by atoms with Crippen LogP contribution in [-0.2, 0) is 0 Å². The van der Waals surface area contributed by atoms with Gasteiger partial charge < -0.3 is 10.4 Å². The van der Waals surface area contributed by atoms with Crippen molar-refractivity contribution in [3.8, 4) is 0 Å². The summed E-state index contributed by atoms with van der Waals surface area (Å²) in [5.74, 6) is 0.505. The van der Waals surface area contributed by atoms with Crippen LogP contribution in [0.25, 0.3) is 20.4 Å². The molecule has 1 saturated heterocycles. The number of β-amino-alcohol motifs (C(OH)–C–C–N with tert-alkyl or cyclic N) is 1. The third-order valence-electron chi connectivity index (χ3n) is 5.70. The molecule has 28 heavy (non-hydrogen) atoms. The van der Waals surface area contributed by atoms with E-state index in [0.29, 0.717) is 12.0 Å². The monoisotopic (exact) mass is 410 g/mol. The number of benzene rings is 1. The highest BCUT2D eigenvalue weighted by Gasteiger charge is 2.32. The summed E-state index contributed by atoms with van der Waals surface area (Å²) in [6, 6.07) is 11.1. The van der Waals surface area contributed by atoms with Gasteiger partial charge in [-0.2, -0.15) is 0 Å². The summed E-state index contributed by atoms with van der Waals surface area (Å²) in [7, 11) is 0. The number of thiophene rings is 1. The average Bonchev–Trinajstić information content (AvgIpc) is 3.41. The first-order valence-electron chi connectivity index (χ1n) is 9.56. The lowest BCUT2D eigenvalue weighted by atomic mass is 9.99. The molecule has 3 aromatic heterocycles. The average molecular weight is 411 g/mol. The van der Waals surface area contributed by atoms with E-state index in [-0.39, 0.29) is 6.61 Å². The fraction of sp³-hybridized carbons (Fsp3) is 0.333. The molecular formula is C21H22N4OS2. The van der Waals surface area contributed by atoms with Crippen LogP contribution in [0.3, 0.4) is 0 Å². The Morgan fingerprint density at radius 2 is 2.18 bits per heavy atom. The number of anilines is 2. The number of nitrogens with zero attached hydrogens (tertiary/aromatic N) is 3. The maximum absolute atomic E-state index is 9.28. The molecule has 4 heterocycles. The minimum Gasteiger partial charge on any atom is -0.395 e. The number of aromatic nitrogens is 2. The van der Waals surface area contributed by atoms with E-state index in [2.05, 4.69) is 51.4 Å². The minimum absolute atomic E-state index is 0.225. The summed E-state index contributed by atoms with van der Waals surface area (Å²) in [6.07, 6.45) is 3.01. The van der Waals surface area contributed by atoms with Crippen molar-refractivity contribution in [1.29, 1.82) is 0 Å². The second-order valence-electron chi connectivity index (χ2n) is 7.28. The van der Waals surface area contributed by atoms with Crippen LogP contribution in [0, 0.1) is 0 Å². The molecule has 144 valence electrons. The number of aliphatic hydroxyl groups excluding tert-OH is 1. The first-order valence-corrected chi connectivity index (χ1v) is 11.3. The summed E-state index contributed by atoms with van der Waals surface area (Å²) >= 11 is 3.46. The third-order valence-corrected chi connectivity index (χ3v) is 7.69. The summed E-state index contributed by atoms with van der Waals surface area (Å²) < 4.78 is 1.20. The number of nitrogens with one attached hydrogen (secondary N) is 1. The molecule has 0 radical (unpaired) electrons. The second kappa shape index (κ2) is 7.40. The Kier molecular flexibility index (Phi) is 4.76. The Hall–Kier alpha value is -2.06. The second-order valence-corrected chi connectivity index (χ2v) is 9.23. The van der Waals surface area contributed by atoms with E-state index in [1.807, 2.05) is 17.8 Å². The van der Waals surface area contributed by atoms with Crippen molar-refractivity contribution in [3.05, 3.63) is 46.9 Å². The van der Waals surface area contributed by atoms with Gasteiger partial charge in [-0.05, 0) is 50.2 Å². The largest absolute Gasteiger partial charge is 0.395 e. The van der Waals surface area contributed by atoms with Crippen LogP contribution in [0.1, 0.15) is 24.1 Å². The van der Waals surface area contributed by atoms with Gasteiger partial charge in [0.05, 0.1) is 28.0 Å². The van der Waals surface area contributed by atoms with E-state index >= 15 is 0 Å². The third kappa shape index (κ3) is 3.18. The fourth-order valence-electron chi connectivity index (χ4n) is 4.17. The van der Waals surface area contributed by atoms with Gasteiger partial charge in [-0.25, -0.2) is 9.97 Å². The minimum atomic E-state index is 0.225. The Bertz CT molecular complexity index is 1120. The normalized spacial score (nSPS) is 20.4. The van der Waals surface area contributed by atoms with Gasteiger partial charge in [0, 0.05) is 40.7 Å². The van der Waals surface area contributed by atoms with E-state index in [4.69, 9.17) is 0 Å². The van der Waals surface area contributed by atoms with Gasteiger partial charge in [0.2, 0.25) is 0 Å². The van der Waals surface area contributed by atoms with Gasteiger partial charge in [0.25, 0.3) is 0 Å². The number of thiazole rings is 1. The van der Waals surface area contributed by atoms with Crippen molar-refractivity contribution in [1.82, 2.24) is 14.9 Å². The quantitative estimate of drug-likeness (QED) is 0.494. The highest BCUT2D eigenvalue weighted by molar-refractivity contribution is 7.18. The Morgan fingerprint density at radius 1 is 1.25 bits per heavy atom. The molecule has 1 aliphatic heterocycles. The van der Waals surface area contributed by atoms with Gasteiger partial charge in [0.15, 0.2) is 0 Å². The lowest BCUT2D eigenvalue weighted by Crippen LogP contribution is -2.31. The number of hydrogen-bond acceptors (Lipinski definition) is 7. The first-order chi connectivity index (χ1) is 13.7. The molecule has 0 aliphatic carbocycles. The van der Waals surface area contributed by atoms with Crippen molar-refractivity contribution < 1.29 is 5.11 Å². The van der Waals surface area contributed by atoms with E-state index in [1.165, 1.54) is 15.0 Å². The molecule has 2 atom stereocenters. The van der Waals surface area contributed by atoms with Crippen molar-refractivity contribution in [2.45, 2.75) is 25.3 Å². The SMILES string of the molecule is CC1C(c2cc3c(Nc4ccc5scnc5c4)ccnc3s2)CCN1CCO. The van der Waals surface area contributed by atoms with Crippen molar-refractivity contribution >= 4 is 54.5 Å². The van der Waals surface area contributed by atoms with Crippen LogP contribution < -0.4 is 5.32 Å². The number of likely N-dealkylation sites (tertiary alicyclic amines) is 1. The maximum Gasteiger partial charge on any atom is 0.125 e. The fourth-order valence-corrected chi connectivity index (χ4v) is 6.09. The van der Waals surface area contributed by atoms with Gasteiger partial charge in [-0.1, -0.05) is 0 Å². The zero-order chi connectivity index (χ0) is 19.1. The van der Waals surface area contributed by atoms with Crippen LogP contribution in [0.4, 0.5) is 11.4 Å². The molecule has 2 unspecified atom stereocenters. The number of aliphatic hydroxyl groups is 1. The van der Waals surface area contributed by atoms with Gasteiger partial charge >= 0.3 is 0 Å². The van der Waals surface area contributed by atoms with Crippen LogP contribution >= 0.6 is 22.7 Å². The summed E-state index contributed by atoms with van der Waals surface area (Å²) in [5, 5.41) is 14.0. The molecule has 0 spiro atoms. The van der Waals surface area contributed by atoms with Crippen LogP contribution in [0.2, 0.25) is 0 Å². The van der Waals surface area contributed by atoms with Gasteiger partial charge in [0.1, 0.15) is 4.83 Å². The van der Waals surface area contributed by atoms with E-state index in [1.54, 1.807) is 22.7 Å². The van der Waals surface area contributed by atoms with Crippen molar-refractivity contribution in [3.63, 3.8) is 0 Å². The predicted octanol–water partition coefficient (Wildman–Crippen LogP) is 4.82. The topological polar surface area (TPSA) is 61.3 Å². The van der Waals surface area contributed by atoms with Crippen LogP contribution in [0.5, 0.6) is 0 Å². The van der Waals surface area contributed by atoms with E-state index in [9.17, 15) is 5.11 Å². The molecule has 1 aliphatic rings. The molecule has 4 aromatic rings. The lowest BCUT2D eigenvalue weighted by molar-refractivity contribution is 0.188. The molecule has 2 N–H and O–H groups in total. The van der Waals surface area contributed by atoms with Crippen LogP contribution in [-0.4, -0.2) is 45.7 Å². The smallest absolute Gasteiger partial charge is 0.125 e. The first kappa shape index (κ1) is 18.0. The molecular weight excluding hydrogens is 388 g/mol. The van der Waals surface area contributed by atoms with Crippen molar-refractivity contribution in [2.24, 2.45) is 0 Å². The number of pyridine rings is 1. The Labute approximate surface area is 171 Å². The zero-order valence-corrected chi connectivity index (χ0v) is 17.3. The molecule has 1 fully saturated rings. The molecule has 5 rings (SSSR count). The predicted molar refractivity (Wildman–Crippen MR) is 118 cm³/mol. The standard InChI is InChI=1S/C21H22N4OS2/c1-13-15(5-7-25(13)8-9-26)20-11-16-17(4-6-22-21(16)28-20)24-14-2-3-19-18(10-14)23-12-27-19/h2-4,6,10-13,15,26H,5,7-9H2,1H3,(H,22,24). The van der Waals surface area contributed by atoms with Crippen molar-refractivity contribution in [2.75, 3.05) is 25.0 Å². The Balaban J connectivity index is 1.46. The highest BCUT2D eigenvalue weighted by atomic mass is 32.1. The number of fused-ring (bicyclic) bond motifs is 2. The zero-order valence-electron chi connectivity index (χ0n) is 15.6. The molecule has 1 aromatic carbocycles. The van der Waals surface area contributed by atoms with Gasteiger partial charge in [-0.3, -0.25) is 4.90 Å². The molecule has 5 nitrogen and oxygen atoms in total. The van der Waals surface area contributed by atoms with Gasteiger partial charge in [-0.15, -0.1) is 22.7 Å². The molecule has 0 bridgehead atoms. The van der Waals surface area contributed by atoms with E-state index < -0.39 is 0 Å².